The molecule has 1 saturated heterocycles. The van der Waals surface area contributed by atoms with Crippen LogP contribution in [0.3, 0.4) is 0 Å². The standard InChI is InChI=1S/C23H27N5O2.HI/c1-2-24-23(28-13-11-18-5-3-4-6-20(18)28)26-15-17-7-9-19(10-8-17)22(30)27-14-12-25-21(29)16-27;/h3-10H,2,11-16H2,1H3,(H,24,26)(H,25,29);1H. The van der Waals surface area contributed by atoms with E-state index in [0.717, 1.165) is 31.0 Å². The third-order valence-electron chi connectivity index (χ3n) is 5.42. The molecule has 0 bridgehead atoms. The first-order valence-corrected chi connectivity index (χ1v) is 10.4. The largest absolute Gasteiger partial charge is 0.356 e. The van der Waals surface area contributed by atoms with Crippen LogP contribution < -0.4 is 15.5 Å². The third-order valence-corrected chi connectivity index (χ3v) is 5.42. The lowest BCUT2D eigenvalue weighted by Crippen LogP contribution is -2.49. The Balaban J connectivity index is 0.00000272. The number of nitrogens with one attached hydrogen (secondary N) is 2. The monoisotopic (exact) mass is 533 g/mol. The molecule has 2 aliphatic heterocycles. The number of aliphatic imine (C=N–C) groups is 1. The van der Waals surface area contributed by atoms with E-state index in [0.29, 0.717) is 25.2 Å². The second-order valence-corrected chi connectivity index (χ2v) is 7.47. The number of para-hydroxylation sites is 1. The molecule has 2 N–H and O–H groups in total. The lowest BCUT2D eigenvalue weighted by atomic mass is 10.1. The van der Waals surface area contributed by atoms with Crippen LogP contribution in [0.2, 0.25) is 0 Å². The number of fused-ring (bicyclic) bond motifs is 1. The van der Waals surface area contributed by atoms with Crippen molar-refractivity contribution in [2.24, 2.45) is 4.99 Å². The molecule has 0 unspecified atom stereocenters. The van der Waals surface area contributed by atoms with Crippen LogP contribution in [-0.4, -0.2) is 55.4 Å². The normalized spacial score (nSPS) is 15.8. The third kappa shape index (κ3) is 5.36. The van der Waals surface area contributed by atoms with Crippen LogP contribution in [-0.2, 0) is 17.8 Å². The fourth-order valence-electron chi connectivity index (χ4n) is 3.87. The minimum atomic E-state index is -0.111. The Morgan fingerprint density at radius 1 is 1.13 bits per heavy atom. The molecule has 0 atom stereocenters. The summed E-state index contributed by atoms with van der Waals surface area (Å²) in [5, 5.41) is 6.13. The second-order valence-electron chi connectivity index (χ2n) is 7.47. The van der Waals surface area contributed by atoms with Crippen molar-refractivity contribution in [1.82, 2.24) is 15.5 Å². The average Bonchev–Trinajstić information content (AvgIpc) is 3.20. The summed E-state index contributed by atoms with van der Waals surface area (Å²) in [4.78, 5) is 32.8. The maximum Gasteiger partial charge on any atom is 0.254 e. The number of amides is 2. The number of piperazine rings is 1. The Morgan fingerprint density at radius 3 is 2.65 bits per heavy atom. The van der Waals surface area contributed by atoms with Crippen LogP contribution >= 0.6 is 24.0 Å². The molecule has 0 saturated carbocycles. The minimum Gasteiger partial charge on any atom is -0.356 e. The Hall–Kier alpha value is -2.62. The highest BCUT2D eigenvalue weighted by atomic mass is 127. The van der Waals surface area contributed by atoms with Crippen molar-refractivity contribution in [2.45, 2.75) is 19.9 Å². The van der Waals surface area contributed by atoms with Gasteiger partial charge in [0.25, 0.3) is 5.91 Å². The number of hydrogen-bond acceptors (Lipinski definition) is 3. The smallest absolute Gasteiger partial charge is 0.254 e. The minimum absolute atomic E-state index is 0. The van der Waals surface area contributed by atoms with Gasteiger partial charge in [0.05, 0.1) is 13.1 Å². The number of benzene rings is 2. The van der Waals surface area contributed by atoms with Gasteiger partial charge in [0, 0.05) is 37.4 Å². The summed E-state index contributed by atoms with van der Waals surface area (Å²) in [5.74, 6) is 0.656. The van der Waals surface area contributed by atoms with Crippen LogP contribution in [0.15, 0.2) is 53.5 Å². The molecule has 0 radical (unpaired) electrons. The SMILES string of the molecule is CCNC(=NCc1ccc(C(=O)N2CCNC(=O)C2)cc1)N1CCc2ccccc21.I. The molecule has 0 aromatic heterocycles. The molecule has 4 rings (SSSR count). The Kier molecular flexibility index (Phi) is 7.89. The Bertz CT molecular complexity index is 961. The van der Waals surface area contributed by atoms with Crippen molar-refractivity contribution in [3.63, 3.8) is 0 Å². The predicted octanol–water partition coefficient (Wildman–Crippen LogP) is 2.40. The summed E-state index contributed by atoms with van der Waals surface area (Å²) in [6.07, 6.45) is 1.02. The number of nitrogens with zero attached hydrogens (tertiary/aromatic N) is 3. The number of hydrogen-bond donors (Lipinski definition) is 2. The van der Waals surface area contributed by atoms with Gasteiger partial charge in [0.2, 0.25) is 5.91 Å². The number of carbonyl (C=O) groups excluding carboxylic acids is 2. The van der Waals surface area contributed by atoms with Crippen molar-refractivity contribution in [3.8, 4) is 0 Å². The van der Waals surface area contributed by atoms with Crippen LogP contribution in [0.1, 0.15) is 28.4 Å². The van der Waals surface area contributed by atoms with Crippen LogP contribution in [0.4, 0.5) is 5.69 Å². The van der Waals surface area contributed by atoms with Crippen LogP contribution in [0, 0.1) is 0 Å². The lowest BCUT2D eigenvalue weighted by molar-refractivity contribution is -0.123. The first-order valence-electron chi connectivity index (χ1n) is 10.4. The highest BCUT2D eigenvalue weighted by Crippen LogP contribution is 2.27. The number of anilines is 1. The molecule has 2 aromatic rings. The molecule has 2 aromatic carbocycles. The van der Waals surface area contributed by atoms with Gasteiger partial charge >= 0.3 is 0 Å². The fourth-order valence-corrected chi connectivity index (χ4v) is 3.87. The van der Waals surface area contributed by atoms with E-state index in [1.165, 1.54) is 11.3 Å². The summed E-state index contributed by atoms with van der Waals surface area (Å²) in [5.41, 5.74) is 4.18. The molecule has 2 heterocycles. The zero-order chi connectivity index (χ0) is 20.9. The zero-order valence-corrected chi connectivity index (χ0v) is 20.0. The summed E-state index contributed by atoms with van der Waals surface area (Å²) < 4.78 is 0. The zero-order valence-electron chi connectivity index (χ0n) is 17.6. The maximum absolute atomic E-state index is 12.6. The van der Waals surface area contributed by atoms with E-state index in [1.807, 2.05) is 24.3 Å². The van der Waals surface area contributed by atoms with Crippen molar-refractivity contribution >= 4 is 47.4 Å². The van der Waals surface area contributed by atoms with Crippen molar-refractivity contribution < 1.29 is 9.59 Å². The van der Waals surface area contributed by atoms with Crippen LogP contribution in [0.5, 0.6) is 0 Å². The highest BCUT2D eigenvalue weighted by Gasteiger charge is 2.23. The second kappa shape index (κ2) is 10.6. The summed E-state index contributed by atoms with van der Waals surface area (Å²) in [6, 6.07) is 15.9. The number of carbonyl (C=O) groups is 2. The molecule has 7 nitrogen and oxygen atoms in total. The van der Waals surface area contributed by atoms with Crippen molar-refractivity contribution in [1.29, 1.82) is 0 Å². The van der Waals surface area contributed by atoms with Gasteiger partial charge in [-0.2, -0.15) is 0 Å². The molecular weight excluding hydrogens is 505 g/mol. The highest BCUT2D eigenvalue weighted by molar-refractivity contribution is 14.0. The molecule has 8 heteroatoms. The summed E-state index contributed by atoms with van der Waals surface area (Å²) >= 11 is 0. The molecule has 31 heavy (non-hydrogen) atoms. The van der Waals surface area contributed by atoms with Gasteiger partial charge in [-0.3, -0.25) is 9.59 Å². The van der Waals surface area contributed by atoms with Crippen molar-refractivity contribution in [3.05, 3.63) is 65.2 Å². The number of rotatable bonds is 4. The summed E-state index contributed by atoms with van der Waals surface area (Å²) in [7, 11) is 0. The lowest BCUT2D eigenvalue weighted by Gasteiger charge is -2.26. The summed E-state index contributed by atoms with van der Waals surface area (Å²) in [6.45, 7) is 5.48. The molecule has 2 aliphatic rings. The van der Waals surface area contributed by atoms with E-state index in [-0.39, 0.29) is 42.3 Å². The van der Waals surface area contributed by atoms with Gasteiger partial charge in [-0.05, 0) is 42.7 Å². The van der Waals surface area contributed by atoms with Gasteiger partial charge in [-0.25, -0.2) is 4.99 Å². The Labute approximate surface area is 199 Å². The fraction of sp³-hybridized carbons (Fsp3) is 0.348. The predicted molar refractivity (Wildman–Crippen MR) is 133 cm³/mol. The maximum atomic E-state index is 12.6. The van der Waals surface area contributed by atoms with E-state index in [1.54, 1.807) is 4.90 Å². The quantitative estimate of drug-likeness (QED) is 0.360. The van der Waals surface area contributed by atoms with E-state index in [9.17, 15) is 9.59 Å². The number of guanidine groups is 1. The van der Waals surface area contributed by atoms with Gasteiger partial charge in [-0.15, -0.1) is 24.0 Å². The molecular formula is C23H28IN5O2. The van der Waals surface area contributed by atoms with Crippen molar-refractivity contribution in [2.75, 3.05) is 37.6 Å². The van der Waals surface area contributed by atoms with Gasteiger partial charge < -0.3 is 20.4 Å². The van der Waals surface area contributed by atoms with E-state index < -0.39 is 0 Å². The Morgan fingerprint density at radius 2 is 1.90 bits per heavy atom. The molecule has 0 aliphatic carbocycles. The van der Waals surface area contributed by atoms with Crippen LogP contribution in [0.25, 0.3) is 0 Å². The van der Waals surface area contributed by atoms with E-state index >= 15 is 0 Å². The average molecular weight is 533 g/mol. The van der Waals surface area contributed by atoms with Gasteiger partial charge in [-0.1, -0.05) is 30.3 Å². The first kappa shape index (κ1) is 23.1. The molecule has 1 fully saturated rings. The van der Waals surface area contributed by atoms with Gasteiger partial charge in [0.1, 0.15) is 0 Å². The van der Waals surface area contributed by atoms with E-state index in [2.05, 4.69) is 46.7 Å². The van der Waals surface area contributed by atoms with E-state index in [4.69, 9.17) is 4.99 Å². The topological polar surface area (TPSA) is 77.0 Å². The number of halogens is 1. The molecule has 164 valence electrons. The molecule has 2 amide bonds. The first-order chi connectivity index (χ1) is 14.7. The molecule has 0 spiro atoms. The van der Waals surface area contributed by atoms with Gasteiger partial charge in [0.15, 0.2) is 5.96 Å².